The second-order valence-electron chi connectivity index (χ2n) is 7.30. The van der Waals surface area contributed by atoms with E-state index in [-0.39, 0.29) is 24.0 Å². The average molecular weight is 395 g/mol. The van der Waals surface area contributed by atoms with Crippen LogP contribution in [0, 0.1) is 5.92 Å². The Labute approximate surface area is 170 Å². The first kappa shape index (κ1) is 19.1. The zero-order chi connectivity index (χ0) is 20.1. The molecule has 29 heavy (non-hydrogen) atoms. The van der Waals surface area contributed by atoms with Gasteiger partial charge >= 0.3 is 6.03 Å². The molecule has 152 valence electrons. The summed E-state index contributed by atoms with van der Waals surface area (Å²) in [6.45, 7) is 1.94. The quantitative estimate of drug-likeness (QED) is 0.834. The van der Waals surface area contributed by atoms with Gasteiger partial charge in [0.1, 0.15) is 12.7 Å². The van der Waals surface area contributed by atoms with Crippen molar-refractivity contribution in [3.63, 3.8) is 0 Å². The third kappa shape index (κ3) is 4.80. The molecule has 0 aliphatic carbocycles. The van der Waals surface area contributed by atoms with Crippen molar-refractivity contribution in [2.24, 2.45) is 5.92 Å². The van der Waals surface area contributed by atoms with Crippen LogP contribution in [0.25, 0.3) is 0 Å². The number of nitrogens with zero attached hydrogens (tertiary/aromatic N) is 1. The maximum atomic E-state index is 12.5. The number of rotatable bonds is 4. The summed E-state index contributed by atoms with van der Waals surface area (Å²) in [5.74, 6) is 1.36. The van der Waals surface area contributed by atoms with Crippen LogP contribution in [0.5, 0.6) is 11.5 Å². The number of carbonyl (C=O) groups excluding carboxylic acids is 2. The fourth-order valence-corrected chi connectivity index (χ4v) is 3.59. The van der Waals surface area contributed by atoms with E-state index < -0.39 is 0 Å². The summed E-state index contributed by atoms with van der Waals surface area (Å²) in [7, 11) is 0. The van der Waals surface area contributed by atoms with Crippen molar-refractivity contribution in [3.8, 4) is 11.5 Å². The van der Waals surface area contributed by atoms with Crippen LogP contribution in [0.4, 0.5) is 10.5 Å². The van der Waals surface area contributed by atoms with Gasteiger partial charge in [0.25, 0.3) is 0 Å². The maximum absolute atomic E-state index is 12.5. The molecule has 0 saturated carbocycles. The van der Waals surface area contributed by atoms with Gasteiger partial charge in [-0.05, 0) is 37.1 Å². The number of nitrogens with one attached hydrogen (secondary N) is 2. The second-order valence-corrected chi connectivity index (χ2v) is 7.30. The molecule has 7 nitrogen and oxygen atoms in total. The predicted molar refractivity (Wildman–Crippen MR) is 109 cm³/mol. The number of urea groups is 1. The Morgan fingerprint density at radius 1 is 0.966 bits per heavy atom. The molecule has 0 spiro atoms. The minimum atomic E-state index is -0.203. The highest BCUT2D eigenvalue weighted by Crippen LogP contribution is 2.30. The number of para-hydroxylation sites is 3. The van der Waals surface area contributed by atoms with Crippen LogP contribution in [0.15, 0.2) is 54.6 Å². The number of hydrogen-bond donors (Lipinski definition) is 2. The van der Waals surface area contributed by atoms with Gasteiger partial charge in [-0.15, -0.1) is 0 Å². The molecule has 1 atom stereocenters. The molecule has 3 amide bonds. The summed E-state index contributed by atoms with van der Waals surface area (Å²) >= 11 is 0. The molecule has 2 aromatic carbocycles. The molecule has 2 aliphatic heterocycles. The highest BCUT2D eigenvalue weighted by molar-refractivity contribution is 5.89. The lowest BCUT2D eigenvalue weighted by Gasteiger charge is -2.32. The van der Waals surface area contributed by atoms with E-state index >= 15 is 0 Å². The zero-order valence-electron chi connectivity index (χ0n) is 16.2. The molecule has 2 N–H and O–H groups in total. The number of piperidine rings is 1. The summed E-state index contributed by atoms with van der Waals surface area (Å²) in [5.41, 5.74) is 0.772. The first-order valence-corrected chi connectivity index (χ1v) is 9.96. The highest BCUT2D eigenvalue weighted by atomic mass is 16.6. The monoisotopic (exact) mass is 395 g/mol. The first-order chi connectivity index (χ1) is 14.2. The molecule has 2 aliphatic rings. The summed E-state index contributed by atoms with van der Waals surface area (Å²) in [6.07, 6.45) is 1.10. The Morgan fingerprint density at radius 2 is 1.66 bits per heavy atom. The van der Waals surface area contributed by atoms with E-state index in [1.54, 1.807) is 4.90 Å². The summed E-state index contributed by atoms with van der Waals surface area (Å²) < 4.78 is 11.5. The standard InChI is InChI=1S/C22H25N3O4/c26-21(23-14-18-15-28-19-8-4-5-9-20(19)29-18)16-10-12-25(13-11-16)22(27)24-17-6-2-1-3-7-17/h1-9,16,18H,10-15H2,(H,23,26)(H,24,27). The third-order valence-corrected chi connectivity index (χ3v) is 5.25. The number of likely N-dealkylation sites (tertiary alicyclic amines) is 1. The number of hydrogen-bond acceptors (Lipinski definition) is 4. The van der Waals surface area contributed by atoms with Gasteiger partial charge in [0.2, 0.25) is 5.91 Å². The molecule has 2 heterocycles. The molecule has 0 aromatic heterocycles. The van der Waals surface area contributed by atoms with Crippen molar-refractivity contribution < 1.29 is 19.1 Å². The molecule has 0 radical (unpaired) electrons. The lowest BCUT2D eigenvalue weighted by molar-refractivity contribution is -0.126. The zero-order valence-corrected chi connectivity index (χ0v) is 16.2. The van der Waals surface area contributed by atoms with Crippen LogP contribution < -0.4 is 20.1 Å². The number of anilines is 1. The van der Waals surface area contributed by atoms with Crippen LogP contribution >= 0.6 is 0 Å². The van der Waals surface area contributed by atoms with Gasteiger partial charge in [-0.2, -0.15) is 0 Å². The number of ether oxygens (including phenoxy) is 2. The van der Waals surface area contributed by atoms with Crippen molar-refractivity contribution in [1.82, 2.24) is 10.2 Å². The summed E-state index contributed by atoms with van der Waals surface area (Å²) in [6, 6.07) is 16.8. The van der Waals surface area contributed by atoms with Crippen LogP contribution in [0.2, 0.25) is 0 Å². The Balaban J connectivity index is 1.20. The molecular weight excluding hydrogens is 370 g/mol. The smallest absolute Gasteiger partial charge is 0.321 e. The van der Waals surface area contributed by atoms with Crippen LogP contribution in [-0.4, -0.2) is 49.2 Å². The molecule has 2 aromatic rings. The minimum absolute atomic E-state index is 0.00979. The normalized spacial score (nSPS) is 18.8. The van der Waals surface area contributed by atoms with Crippen LogP contribution in [0.3, 0.4) is 0 Å². The van der Waals surface area contributed by atoms with E-state index in [0.717, 1.165) is 11.4 Å². The Morgan fingerprint density at radius 3 is 2.41 bits per heavy atom. The van der Waals surface area contributed by atoms with Gasteiger partial charge in [-0.25, -0.2) is 4.79 Å². The van der Waals surface area contributed by atoms with Crippen LogP contribution in [0.1, 0.15) is 12.8 Å². The Hall–Kier alpha value is -3.22. The summed E-state index contributed by atoms with van der Waals surface area (Å²) in [5, 5.41) is 5.86. The molecule has 1 unspecified atom stereocenters. The lowest BCUT2D eigenvalue weighted by Crippen LogP contribution is -2.47. The van der Waals surface area contributed by atoms with E-state index in [0.29, 0.717) is 44.8 Å². The van der Waals surface area contributed by atoms with E-state index in [2.05, 4.69) is 10.6 Å². The van der Waals surface area contributed by atoms with Crippen molar-refractivity contribution >= 4 is 17.6 Å². The molecule has 0 bridgehead atoms. The van der Waals surface area contributed by atoms with Crippen LogP contribution in [-0.2, 0) is 4.79 Å². The highest BCUT2D eigenvalue weighted by Gasteiger charge is 2.28. The Kier molecular flexibility index (Phi) is 5.84. The average Bonchev–Trinajstić information content (AvgIpc) is 2.78. The van der Waals surface area contributed by atoms with E-state index in [4.69, 9.17) is 9.47 Å². The van der Waals surface area contributed by atoms with Crippen molar-refractivity contribution in [2.75, 3.05) is 31.6 Å². The molecular formula is C22H25N3O4. The Bertz CT molecular complexity index is 850. The van der Waals surface area contributed by atoms with Gasteiger partial charge in [-0.3, -0.25) is 4.79 Å². The van der Waals surface area contributed by atoms with Gasteiger partial charge in [0, 0.05) is 24.7 Å². The number of amides is 3. The lowest BCUT2D eigenvalue weighted by atomic mass is 9.96. The van der Waals surface area contributed by atoms with Gasteiger partial charge in [0.05, 0.1) is 6.54 Å². The molecule has 4 rings (SSSR count). The summed E-state index contributed by atoms with van der Waals surface area (Å²) in [4.78, 5) is 26.6. The van der Waals surface area contributed by atoms with E-state index in [1.165, 1.54) is 0 Å². The van der Waals surface area contributed by atoms with Gasteiger partial charge in [0.15, 0.2) is 11.5 Å². The fraction of sp³-hybridized carbons (Fsp3) is 0.364. The third-order valence-electron chi connectivity index (χ3n) is 5.25. The SMILES string of the molecule is O=C(NCC1COc2ccccc2O1)C1CCN(C(=O)Nc2ccccc2)CC1. The number of fused-ring (bicyclic) bond motifs is 1. The minimum Gasteiger partial charge on any atom is -0.486 e. The molecule has 1 fully saturated rings. The first-order valence-electron chi connectivity index (χ1n) is 9.96. The van der Waals surface area contributed by atoms with Crippen molar-refractivity contribution in [2.45, 2.75) is 18.9 Å². The van der Waals surface area contributed by atoms with E-state index in [1.807, 2.05) is 54.6 Å². The van der Waals surface area contributed by atoms with Crippen molar-refractivity contribution in [1.29, 1.82) is 0 Å². The maximum Gasteiger partial charge on any atom is 0.321 e. The fourth-order valence-electron chi connectivity index (χ4n) is 3.59. The molecule has 1 saturated heterocycles. The number of benzene rings is 2. The van der Waals surface area contributed by atoms with Crippen molar-refractivity contribution in [3.05, 3.63) is 54.6 Å². The predicted octanol–water partition coefficient (Wildman–Crippen LogP) is 2.89. The second kappa shape index (κ2) is 8.86. The largest absolute Gasteiger partial charge is 0.486 e. The topological polar surface area (TPSA) is 79.9 Å². The van der Waals surface area contributed by atoms with Gasteiger partial charge in [-0.1, -0.05) is 30.3 Å². The molecule has 7 heteroatoms. The number of carbonyl (C=O) groups is 2. The van der Waals surface area contributed by atoms with E-state index in [9.17, 15) is 9.59 Å². The van der Waals surface area contributed by atoms with Gasteiger partial charge < -0.3 is 25.0 Å².